The van der Waals surface area contributed by atoms with Gasteiger partial charge in [0.1, 0.15) is 0 Å². The number of carbonyl (C=O) groups excluding carboxylic acids is 1. The van der Waals surface area contributed by atoms with Gasteiger partial charge in [0, 0.05) is 37.7 Å². The topological polar surface area (TPSA) is 158 Å². The number of nitrogens with zero attached hydrogens (tertiary/aromatic N) is 7. The third kappa shape index (κ3) is 3.68. The van der Waals surface area contributed by atoms with Gasteiger partial charge in [-0.1, -0.05) is 6.07 Å². The number of anilines is 1. The quantitative estimate of drug-likeness (QED) is 0.456. The van der Waals surface area contributed by atoms with Crippen molar-refractivity contribution >= 4 is 22.8 Å². The molecule has 12 heteroatoms. The first kappa shape index (κ1) is 21.0. The monoisotopic (exact) mass is 450 g/mol. The Morgan fingerprint density at radius 3 is 2.70 bits per heavy atom. The molecule has 1 aliphatic rings. The van der Waals surface area contributed by atoms with E-state index in [0.717, 1.165) is 0 Å². The molecule has 0 aliphatic carbocycles. The zero-order valence-corrected chi connectivity index (χ0v) is 18.1. The molecule has 12 nitrogen and oxygen atoms in total. The number of hydrogen-bond donors (Lipinski definition) is 2. The van der Waals surface area contributed by atoms with Gasteiger partial charge in [-0.15, -0.1) is 10.2 Å². The van der Waals surface area contributed by atoms with E-state index in [9.17, 15) is 9.90 Å². The molecule has 4 heterocycles. The lowest BCUT2D eigenvalue weighted by atomic mass is 9.94. The Morgan fingerprint density at radius 2 is 2.00 bits per heavy atom. The lowest BCUT2D eigenvalue weighted by molar-refractivity contribution is 0.0300. The minimum atomic E-state index is -1.57. The molecule has 170 valence electrons. The normalized spacial score (nSPS) is 16.2. The maximum absolute atomic E-state index is 13.3. The number of benzene rings is 1. The van der Waals surface area contributed by atoms with Crippen LogP contribution >= 0.6 is 0 Å². The van der Waals surface area contributed by atoms with Gasteiger partial charge in [0.2, 0.25) is 11.8 Å². The van der Waals surface area contributed by atoms with Gasteiger partial charge < -0.3 is 24.9 Å². The molecular formula is C21H22N8O4. The summed E-state index contributed by atoms with van der Waals surface area (Å²) in [6, 6.07) is 6.80. The fraction of sp³-hybridized carbons (Fsp3) is 0.333. The van der Waals surface area contributed by atoms with Crippen molar-refractivity contribution in [2.45, 2.75) is 19.4 Å². The standard InChI is InChI=1S/C21H22N8O4/c1-12-25-26-19(33-12)21(2,31)13-3-4-14-15(11-13)29(16-5-6-23-20(22)24-16)27-17(14)18(30)28-7-9-32-10-8-28/h3-6,11,31H,7-10H2,1-2H3,(H2,22,23,24). The van der Waals surface area contributed by atoms with Crippen LogP contribution in [0.4, 0.5) is 5.95 Å². The third-order valence-electron chi connectivity index (χ3n) is 5.56. The summed E-state index contributed by atoms with van der Waals surface area (Å²) < 4.78 is 12.3. The lowest BCUT2D eigenvalue weighted by Gasteiger charge is -2.26. The number of nitrogen functional groups attached to an aromatic ring is 1. The second kappa shape index (κ2) is 7.90. The molecule has 5 rings (SSSR count). The number of aromatic nitrogens is 6. The Labute approximate surface area is 188 Å². The lowest BCUT2D eigenvalue weighted by Crippen LogP contribution is -2.41. The van der Waals surface area contributed by atoms with Gasteiger partial charge in [-0.2, -0.15) is 10.1 Å². The highest BCUT2D eigenvalue weighted by atomic mass is 16.5. The molecule has 1 atom stereocenters. The molecule has 1 fully saturated rings. The summed E-state index contributed by atoms with van der Waals surface area (Å²) in [5.74, 6) is 0.643. The van der Waals surface area contributed by atoms with Crippen LogP contribution in [0.3, 0.4) is 0 Å². The molecule has 3 N–H and O–H groups in total. The maximum atomic E-state index is 13.3. The first-order chi connectivity index (χ1) is 15.8. The number of ether oxygens (including phenoxy) is 1. The van der Waals surface area contributed by atoms with Crippen LogP contribution in [0.5, 0.6) is 0 Å². The molecule has 1 saturated heterocycles. The zero-order chi connectivity index (χ0) is 23.2. The molecule has 1 unspecified atom stereocenters. The van der Waals surface area contributed by atoms with Crippen molar-refractivity contribution in [1.82, 2.24) is 34.8 Å². The van der Waals surface area contributed by atoms with Gasteiger partial charge in [-0.05, 0) is 24.6 Å². The fourth-order valence-corrected chi connectivity index (χ4v) is 3.77. The van der Waals surface area contributed by atoms with E-state index in [1.165, 1.54) is 10.9 Å². The number of morpholine rings is 1. The summed E-state index contributed by atoms with van der Waals surface area (Å²) in [4.78, 5) is 23.2. The Morgan fingerprint density at radius 1 is 1.21 bits per heavy atom. The second-order valence-electron chi connectivity index (χ2n) is 7.87. The van der Waals surface area contributed by atoms with Gasteiger partial charge in [0.15, 0.2) is 17.1 Å². The molecule has 0 radical (unpaired) electrons. The van der Waals surface area contributed by atoms with Crippen LogP contribution in [0.1, 0.15) is 34.8 Å². The minimum absolute atomic E-state index is 0.0568. The molecular weight excluding hydrogens is 428 g/mol. The molecule has 1 aromatic carbocycles. The van der Waals surface area contributed by atoms with Crippen LogP contribution in [0.15, 0.2) is 34.9 Å². The minimum Gasteiger partial charge on any atom is -0.422 e. The fourth-order valence-electron chi connectivity index (χ4n) is 3.77. The average Bonchev–Trinajstić information content (AvgIpc) is 3.43. The first-order valence-electron chi connectivity index (χ1n) is 10.4. The Balaban J connectivity index is 1.67. The molecule has 4 aromatic rings. The number of hydrogen-bond acceptors (Lipinski definition) is 10. The maximum Gasteiger partial charge on any atom is 0.275 e. The predicted octanol–water partition coefficient (Wildman–Crippen LogP) is 0.817. The second-order valence-corrected chi connectivity index (χ2v) is 7.87. The Kier molecular flexibility index (Phi) is 5.02. The van der Waals surface area contributed by atoms with Crippen LogP contribution < -0.4 is 5.73 Å². The molecule has 0 bridgehead atoms. The van der Waals surface area contributed by atoms with Crippen molar-refractivity contribution in [3.05, 3.63) is 53.5 Å². The van der Waals surface area contributed by atoms with Crippen molar-refractivity contribution in [3.63, 3.8) is 0 Å². The van der Waals surface area contributed by atoms with Crippen molar-refractivity contribution in [2.24, 2.45) is 0 Å². The summed E-state index contributed by atoms with van der Waals surface area (Å²) in [5, 5.41) is 24.1. The number of aryl methyl sites for hydroxylation is 1. The highest BCUT2D eigenvalue weighted by molar-refractivity contribution is 6.05. The Bertz CT molecular complexity index is 1340. The molecule has 0 saturated carbocycles. The van der Waals surface area contributed by atoms with Gasteiger partial charge in [0.25, 0.3) is 11.8 Å². The van der Waals surface area contributed by atoms with E-state index in [1.807, 2.05) is 0 Å². The SMILES string of the molecule is Cc1nnc(C(C)(O)c2ccc3c(C(=O)N4CCOCC4)nn(-c4ccnc(N)n4)c3c2)o1. The number of fused-ring (bicyclic) bond motifs is 1. The summed E-state index contributed by atoms with van der Waals surface area (Å²) in [7, 11) is 0. The van der Waals surface area contributed by atoms with Gasteiger partial charge >= 0.3 is 0 Å². The zero-order valence-electron chi connectivity index (χ0n) is 18.1. The van der Waals surface area contributed by atoms with Crippen LogP contribution in [0, 0.1) is 6.92 Å². The summed E-state index contributed by atoms with van der Waals surface area (Å²) >= 11 is 0. The smallest absolute Gasteiger partial charge is 0.275 e. The molecule has 1 amide bonds. The third-order valence-corrected chi connectivity index (χ3v) is 5.56. The summed E-state index contributed by atoms with van der Waals surface area (Å²) in [6.07, 6.45) is 1.51. The van der Waals surface area contributed by atoms with Crippen molar-refractivity contribution in [2.75, 3.05) is 32.0 Å². The van der Waals surface area contributed by atoms with E-state index < -0.39 is 5.60 Å². The number of rotatable bonds is 4. The molecule has 1 aliphatic heterocycles. The molecule has 33 heavy (non-hydrogen) atoms. The van der Waals surface area contributed by atoms with Gasteiger partial charge in [-0.25, -0.2) is 9.67 Å². The van der Waals surface area contributed by atoms with Crippen molar-refractivity contribution < 1.29 is 19.1 Å². The number of nitrogens with two attached hydrogens (primary N) is 1. The van der Waals surface area contributed by atoms with Crippen LogP contribution in [-0.2, 0) is 10.3 Å². The van der Waals surface area contributed by atoms with Gasteiger partial charge in [-0.3, -0.25) is 4.79 Å². The van der Waals surface area contributed by atoms with Crippen molar-refractivity contribution in [3.8, 4) is 5.82 Å². The van der Waals surface area contributed by atoms with Gasteiger partial charge in [0.05, 0.1) is 18.7 Å². The highest BCUT2D eigenvalue weighted by Crippen LogP contribution is 2.32. The number of carbonyl (C=O) groups is 1. The van der Waals surface area contributed by atoms with Crippen LogP contribution in [-0.4, -0.2) is 72.2 Å². The Hall–Kier alpha value is -3.90. The average molecular weight is 450 g/mol. The van der Waals surface area contributed by atoms with Crippen LogP contribution in [0.25, 0.3) is 16.7 Å². The summed E-state index contributed by atoms with van der Waals surface area (Å²) in [5.41, 5.74) is 5.52. The van der Waals surface area contributed by atoms with E-state index in [4.69, 9.17) is 14.9 Å². The van der Waals surface area contributed by atoms with Crippen LogP contribution in [0.2, 0.25) is 0 Å². The molecule has 0 spiro atoms. The van der Waals surface area contributed by atoms with Crippen molar-refractivity contribution in [1.29, 1.82) is 0 Å². The molecule has 3 aromatic heterocycles. The van der Waals surface area contributed by atoms with E-state index in [-0.39, 0.29) is 23.4 Å². The first-order valence-corrected chi connectivity index (χ1v) is 10.4. The van der Waals surface area contributed by atoms with E-state index >= 15 is 0 Å². The van der Waals surface area contributed by atoms with E-state index in [2.05, 4.69) is 25.3 Å². The van der Waals surface area contributed by atoms with E-state index in [1.54, 1.807) is 43.0 Å². The number of aliphatic hydroxyl groups is 1. The summed E-state index contributed by atoms with van der Waals surface area (Å²) in [6.45, 7) is 5.12. The van der Waals surface area contributed by atoms with E-state index in [0.29, 0.717) is 54.5 Å². The predicted molar refractivity (Wildman–Crippen MR) is 116 cm³/mol. The highest BCUT2D eigenvalue weighted by Gasteiger charge is 2.33. The largest absolute Gasteiger partial charge is 0.422 e. The number of amides is 1.